The maximum absolute atomic E-state index is 9.61. The summed E-state index contributed by atoms with van der Waals surface area (Å²) in [5.74, 6) is 0.785. The number of benzene rings is 1. The maximum Gasteiger partial charge on any atom is 0.151 e. The second-order valence-corrected chi connectivity index (χ2v) is 5.19. The molecule has 1 aromatic rings. The molecule has 0 amide bonds. The van der Waals surface area contributed by atoms with Gasteiger partial charge in [-0.1, -0.05) is 15.9 Å². The molecule has 1 aromatic carbocycles. The first-order chi connectivity index (χ1) is 8.24. The van der Waals surface area contributed by atoms with Crippen LogP contribution < -0.4 is 4.74 Å². The number of rotatable bonds is 2. The van der Waals surface area contributed by atoms with Gasteiger partial charge in [-0.2, -0.15) is 0 Å². The molecule has 2 aliphatic rings. The van der Waals surface area contributed by atoms with E-state index in [1.807, 2.05) is 24.3 Å². The van der Waals surface area contributed by atoms with E-state index >= 15 is 0 Å². The van der Waals surface area contributed by atoms with Crippen LogP contribution in [-0.2, 0) is 9.47 Å². The fourth-order valence-corrected chi connectivity index (χ4v) is 2.50. The van der Waals surface area contributed by atoms with Crippen LogP contribution in [0.15, 0.2) is 28.7 Å². The molecule has 2 saturated heterocycles. The van der Waals surface area contributed by atoms with Crippen molar-refractivity contribution in [3.8, 4) is 5.75 Å². The normalized spacial score (nSPS) is 35.9. The molecule has 17 heavy (non-hydrogen) atoms. The van der Waals surface area contributed by atoms with Crippen molar-refractivity contribution in [2.45, 2.75) is 24.4 Å². The minimum absolute atomic E-state index is 0.140. The summed E-state index contributed by atoms with van der Waals surface area (Å²) in [7, 11) is 0. The lowest BCUT2D eigenvalue weighted by atomic mass is 10.1. The first-order valence-electron chi connectivity index (χ1n) is 5.57. The van der Waals surface area contributed by atoms with Crippen LogP contribution in [0.1, 0.15) is 0 Å². The average Bonchev–Trinajstić information content (AvgIpc) is 2.87. The first kappa shape index (κ1) is 11.5. The monoisotopic (exact) mass is 300 g/mol. The molecule has 4 atom stereocenters. The van der Waals surface area contributed by atoms with Gasteiger partial charge in [-0.05, 0) is 24.3 Å². The van der Waals surface area contributed by atoms with Crippen molar-refractivity contribution in [3.63, 3.8) is 0 Å². The number of hydrogen-bond donors (Lipinski definition) is 1. The highest BCUT2D eigenvalue weighted by molar-refractivity contribution is 9.10. The van der Waals surface area contributed by atoms with Gasteiger partial charge < -0.3 is 19.3 Å². The SMILES string of the molecule is O[C@@H]1CO[C@H]2[C@@H]1OC[C@H]2Oc1ccc(Br)cc1. The Hall–Kier alpha value is -0.620. The Kier molecular flexibility index (Phi) is 3.08. The van der Waals surface area contributed by atoms with Gasteiger partial charge >= 0.3 is 0 Å². The van der Waals surface area contributed by atoms with Gasteiger partial charge in [0.2, 0.25) is 0 Å². The number of fused-ring (bicyclic) bond motifs is 1. The van der Waals surface area contributed by atoms with E-state index in [2.05, 4.69) is 15.9 Å². The Labute approximate surface area is 108 Å². The number of halogens is 1. The third-order valence-corrected chi connectivity index (χ3v) is 3.61. The molecule has 2 heterocycles. The van der Waals surface area contributed by atoms with Crippen LogP contribution in [0, 0.1) is 0 Å². The predicted octanol–water partition coefficient (Wildman–Crippen LogP) is 1.35. The van der Waals surface area contributed by atoms with E-state index in [0.717, 1.165) is 10.2 Å². The van der Waals surface area contributed by atoms with Gasteiger partial charge in [0.15, 0.2) is 6.10 Å². The molecule has 2 aliphatic heterocycles. The van der Waals surface area contributed by atoms with E-state index < -0.39 is 6.10 Å². The molecular formula is C12H13BrO4. The van der Waals surface area contributed by atoms with E-state index in [1.54, 1.807) is 0 Å². The summed E-state index contributed by atoms with van der Waals surface area (Å²) >= 11 is 3.37. The highest BCUT2D eigenvalue weighted by Gasteiger charge is 2.48. The molecule has 0 aromatic heterocycles. The number of ether oxygens (including phenoxy) is 3. The predicted molar refractivity (Wildman–Crippen MR) is 64.0 cm³/mol. The summed E-state index contributed by atoms with van der Waals surface area (Å²) in [4.78, 5) is 0. The van der Waals surface area contributed by atoms with Gasteiger partial charge in [-0.15, -0.1) is 0 Å². The lowest BCUT2D eigenvalue weighted by Crippen LogP contribution is -2.34. The number of aliphatic hydroxyl groups is 1. The first-order valence-corrected chi connectivity index (χ1v) is 6.37. The molecular weight excluding hydrogens is 288 g/mol. The van der Waals surface area contributed by atoms with E-state index in [0.29, 0.717) is 13.2 Å². The molecule has 92 valence electrons. The van der Waals surface area contributed by atoms with Gasteiger partial charge in [0.25, 0.3) is 0 Å². The van der Waals surface area contributed by atoms with Crippen LogP contribution in [-0.4, -0.2) is 42.7 Å². The molecule has 4 nitrogen and oxygen atoms in total. The number of aliphatic hydroxyl groups excluding tert-OH is 1. The Morgan fingerprint density at radius 3 is 2.59 bits per heavy atom. The highest BCUT2D eigenvalue weighted by Crippen LogP contribution is 2.30. The Balaban J connectivity index is 1.68. The highest BCUT2D eigenvalue weighted by atomic mass is 79.9. The zero-order valence-electron chi connectivity index (χ0n) is 9.08. The zero-order chi connectivity index (χ0) is 11.8. The van der Waals surface area contributed by atoms with Crippen LogP contribution >= 0.6 is 15.9 Å². The third kappa shape index (κ3) is 2.20. The molecule has 2 fully saturated rings. The Morgan fingerprint density at radius 2 is 1.82 bits per heavy atom. The Morgan fingerprint density at radius 1 is 1.12 bits per heavy atom. The van der Waals surface area contributed by atoms with Gasteiger partial charge in [0, 0.05) is 4.47 Å². The quantitative estimate of drug-likeness (QED) is 0.896. The smallest absolute Gasteiger partial charge is 0.151 e. The van der Waals surface area contributed by atoms with Crippen molar-refractivity contribution >= 4 is 15.9 Å². The summed E-state index contributed by atoms with van der Waals surface area (Å²) in [6.45, 7) is 0.790. The van der Waals surface area contributed by atoms with Crippen LogP contribution in [0.25, 0.3) is 0 Å². The summed E-state index contributed by atoms with van der Waals surface area (Å²) in [6.07, 6.45) is -1.07. The molecule has 0 spiro atoms. The van der Waals surface area contributed by atoms with Crippen molar-refractivity contribution in [1.29, 1.82) is 0 Å². The van der Waals surface area contributed by atoms with Gasteiger partial charge in [0.05, 0.1) is 13.2 Å². The minimum Gasteiger partial charge on any atom is -0.485 e. The summed E-state index contributed by atoms with van der Waals surface area (Å²) < 4.78 is 17.8. The fraction of sp³-hybridized carbons (Fsp3) is 0.500. The summed E-state index contributed by atoms with van der Waals surface area (Å²) in [5, 5.41) is 9.61. The largest absolute Gasteiger partial charge is 0.485 e. The van der Waals surface area contributed by atoms with Crippen molar-refractivity contribution in [3.05, 3.63) is 28.7 Å². The van der Waals surface area contributed by atoms with Crippen LogP contribution in [0.2, 0.25) is 0 Å². The van der Waals surface area contributed by atoms with Crippen molar-refractivity contribution in [1.82, 2.24) is 0 Å². The lowest BCUT2D eigenvalue weighted by Gasteiger charge is -2.17. The molecule has 1 N–H and O–H groups in total. The molecule has 0 unspecified atom stereocenters. The summed E-state index contributed by atoms with van der Waals surface area (Å²) in [5.41, 5.74) is 0. The van der Waals surface area contributed by atoms with E-state index in [-0.39, 0.29) is 18.3 Å². The lowest BCUT2D eigenvalue weighted by molar-refractivity contribution is 0.00862. The number of hydrogen-bond acceptors (Lipinski definition) is 4. The second kappa shape index (κ2) is 4.57. The van der Waals surface area contributed by atoms with Crippen LogP contribution in [0.5, 0.6) is 5.75 Å². The molecule has 0 bridgehead atoms. The van der Waals surface area contributed by atoms with E-state index in [9.17, 15) is 5.11 Å². The van der Waals surface area contributed by atoms with Crippen molar-refractivity contribution < 1.29 is 19.3 Å². The van der Waals surface area contributed by atoms with Crippen LogP contribution in [0.3, 0.4) is 0 Å². The maximum atomic E-state index is 9.61. The molecule has 0 saturated carbocycles. The van der Waals surface area contributed by atoms with Crippen molar-refractivity contribution in [2.75, 3.05) is 13.2 Å². The van der Waals surface area contributed by atoms with Gasteiger partial charge in [-0.3, -0.25) is 0 Å². The van der Waals surface area contributed by atoms with E-state index in [4.69, 9.17) is 14.2 Å². The zero-order valence-corrected chi connectivity index (χ0v) is 10.7. The average molecular weight is 301 g/mol. The molecule has 0 aliphatic carbocycles. The van der Waals surface area contributed by atoms with E-state index in [1.165, 1.54) is 0 Å². The molecule has 0 radical (unpaired) electrons. The molecule has 5 heteroatoms. The van der Waals surface area contributed by atoms with Crippen molar-refractivity contribution in [2.24, 2.45) is 0 Å². The second-order valence-electron chi connectivity index (χ2n) is 4.27. The third-order valence-electron chi connectivity index (χ3n) is 3.08. The fourth-order valence-electron chi connectivity index (χ4n) is 2.23. The van der Waals surface area contributed by atoms with Gasteiger partial charge in [0.1, 0.15) is 24.1 Å². The Bertz CT molecular complexity index is 394. The summed E-state index contributed by atoms with van der Waals surface area (Å²) in [6, 6.07) is 7.63. The topological polar surface area (TPSA) is 47.9 Å². The minimum atomic E-state index is -0.529. The van der Waals surface area contributed by atoms with Gasteiger partial charge in [-0.25, -0.2) is 0 Å². The molecule has 3 rings (SSSR count). The standard InChI is InChI=1S/C12H13BrO4/c13-7-1-3-8(4-2-7)17-10-6-16-11-9(14)5-15-12(10)11/h1-4,9-12,14H,5-6H2/t9-,10-,11-,12-/m1/s1. The van der Waals surface area contributed by atoms with Crippen LogP contribution in [0.4, 0.5) is 0 Å².